The number of unbranched alkanes of at least 4 members (excludes halogenated alkanes) is 7. The summed E-state index contributed by atoms with van der Waals surface area (Å²) < 4.78 is 10.6. The predicted molar refractivity (Wildman–Crippen MR) is 64.3 cm³/mol. The summed E-state index contributed by atoms with van der Waals surface area (Å²) in [5, 5.41) is 0. The summed E-state index contributed by atoms with van der Waals surface area (Å²) in [4.78, 5) is 21.3. The molecule has 0 saturated heterocycles. The van der Waals surface area contributed by atoms with E-state index in [0.717, 1.165) is 12.8 Å². The molecule has 0 aromatic heterocycles. The molecule has 0 rings (SSSR count). The summed E-state index contributed by atoms with van der Waals surface area (Å²) in [6.07, 6.45) is 10.0. The van der Waals surface area contributed by atoms with Crippen LogP contribution in [0.2, 0.25) is 0 Å². The standard InChI is InChI=1S/C12H27O3P/c1-3-4-5-6-7-8-9-10-11-12(2)16(13,14)15/h12H,3-11H2,1-2H3,(H2,13,14,15)/p-2. The zero-order valence-corrected chi connectivity index (χ0v) is 11.5. The first-order valence-corrected chi connectivity index (χ1v) is 8.11. The predicted octanol–water partition coefficient (Wildman–Crippen LogP) is 2.82. The van der Waals surface area contributed by atoms with Gasteiger partial charge >= 0.3 is 0 Å². The van der Waals surface area contributed by atoms with Gasteiger partial charge in [0.05, 0.1) is 0 Å². The van der Waals surface area contributed by atoms with Crippen LogP contribution in [0.4, 0.5) is 0 Å². The third-order valence-corrected chi connectivity index (χ3v) is 4.35. The monoisotopic (exact) mass is 248 g/mol. The Hall–Kier alpha value is 0.150. The zero-order valence-electron chi connectivity index (χ0n) is 10.6. The highest BCUT2D eigenvalue weighted by molar-refractivity contribution is 7.49. The number of hydrogen-bond acceptors (Lipinski definition) is 3. The minimum atomic E-state index is -4.33. The first-order valence-electron chi connectivity index (χ1n) is 6.50. The molecule has 4 heteroatoms. The van der Waals surface area contributed by atoms with Crippen molar-refractivity contribution in [1.29, 1.82) is 0 Å². The highest BCUT2D eigenvalue weighted by Crippen LogP contribution is 2.34. The lowest BCUT2D eigenvalue weighted by atomic mass is 10.1. The van der Waals surface area contributed by atoms with Gasteiger partial charge in [-0.2, -0.15) is 0 Å². The Morgan fingerprint density at radius 2 is 1.38 bits per heavy atom. The lowest BCUT2D eigenvalue weighted by Gasteiger charge is -2.36. The lowest BCUT2D eigenvalue weighted by Crippen LogP contribution is -2.23. The van der Waals surface area contributed by atoms with Crippen molar-refractivity contribution in [2.45, 2.75) is 77.3 Å². The van der Waals surface area contributed by atoms with E-state index in [1.807, 2.05) is 0 Å². The van der Waals surface area contributed by atoms with E-state index in [1.165, 1.54) is 45.4 Å². The van der Waals surface area contributed by atoms with E-state index in [9.17, 15) is 14.4 Å². The quantitative estimate of drug-likeness (QED) is 0.441. The van der Waals surface area contributed by atoms with E-state index in [0.29, 0.717) is 6.42 Å². The molecule has 0 radical (unpaired) electrons. The maximum Gasteiger partial charge on any atom is -0.0162 e. The van der Waals surface area contributed by atoms with Crippen molar-refractivity contribution in [1.82, 2.24) is 0 Å². The van der Waals surface area contributed by atoms with Crippen molar-refractivity contribution in [2.75, 3.05) is 0 Å². The molecular weight excluding hydrogens is 223 g/mol. The molecule has 0 saturated carbocycles. The van der Waals surface area contributed by atoms with Gasteiger partial charge in [-0.25, -0.2) is 0 Å². The molecule has 0 aliphatic heterocycles. The average molecular weight is 248 g/mol. The first kappa shape index (κ1) is 16.1. The van der Waals surface area contributed by atoms with Gasteiger partial charge < -0.3 is 14.4 Å². The molecule has 0 bridgehead atoms. The number of hydrogen-bond donors (Lipinski definition) is 0. The summed E-state index contributed by atoms with van der Waals surface area (Å²) in [5.41, 5.74) is -0.687. The molecule has 1 unspecified atom stereocenters. The van der Waals surface area contributed by atoms with Gasteiger partial charge in [0.15, 0.2) is 0 Å². The second kappa shape index (κ2) is 9.21. The third-order valence-electron chi connectivity index (χ3n) is 3.02. The van der Waals surface area contributed by atoms with Gasteiger partial charge in [-0.15, -0.1) is 0 Å². The first-order chi connectivity index (χ1) is 7.48. The van der Waals surface area contributed by atoms with Gasteiger partial charge in [0.2, 0.25) is 0 Å². The SMILES string of the molecule is CCCCCCCCCCC(C)P(=O)([O-])[O-]. The third kappa shape index (κ3) is 9.38. The molecule has 0 aliphatic rings. The van der Waals surface area contributed by atoms with Crippen LogP contribution in [0.3, 0.4) is 0 Å². The average Bonchev–Trinajstić information content (AvgIpc) is 2.20. The van der Waals surface area contributed by atoms with Crippen LogP contribution in [0.5, 0.6) is 0 Å². The Labute approximate surface area is 99.8 Å². The van der Waals surface area contributed by atoms with Crippen molar-refractivity contribution in [3.05, 3.63) is 0 Å². The Balaban J connectivity index is 3.24. The van der Waals surface area contributed by atoms with Crippen molar-refractivity contribution >= 4 is 7.60 Å². The summed E-state index contributed by atoms with van der Waals surface area (Å²) in [6.45, 7) is 3.72. The van der Waals surface area contributed by atoms with E-state index >= 15 is 0 Å². The molecule has 0 aromatic rings. The Morgan fingerprint density at radius 3 is 1.81 bits per heavy atom. The fraction of sp³-hybridized carbons (Fsp3) is 1.00. The summed E-state index contributed by atoms with van der Waals surface area (Å²) in [5.74, 6) is 0. The van der Waals surface area contributed by atoms with Crippen LogP contribution < -0.4 is 9.79 Å². The zero-order chi connectivity index (χ0) is 12.4. The van der Waals surface area contributed by atoms with Crippen molar-refractivity contribution in [3.8, 4) is 0 Å². The summed E-state index contributed by atoms with van der Waals surface area (Å²) in [6, 6.07) is 0. The van der Waals surface area contributed by atoms with E-state index < -0.39 is 13.3 Å². The molecular formula is C12H25O3P-2. The molecule has 98 valence electrons. The van der Waals surface area contributed by atoms with Crippen molar-refractivity contribution < 1.29 is 14.4 Å². The topological polar surface area (TPSA) is 63.2 Å². The van der Waals surface area contributed by atoms with Crippen molar-refractivity contribution in [3.63, 3.8) is 0 Å². The second-order valence-electron chi connectivity index (χ2n) is 4.65. The van der Waals surface area contributed by atoms with Gasteiger partial charge in [-0.1, -0.05) is 72.8 Å². The molecule has 0 N–H and O–H groups in total. The highest BCUT2D eigenvalue weighted by atomic mass is 31.2. The molecule has 0 spiro atoms. The van der Waals surface area contributed by atoms with E-state index in [4.69, 9.17) is 0 Å². The fourth-order valence-corrected chi connectivity index (χ4v) is 2.23. The van der Waals surface area contributed by atoms with Crippen molar-refractivity contribution in [2.24, 2.45) is 0 Å². The molecule has 0 fully saturated rings. The van der Waals surface area contributed by atoms with E-state index in [2.05, 4.69) is 6.92 Å². The molecule has 0 heterocycles. The van der Waals surface area contributed by atoms with E-state index in [-0.39, 0.29) is 0 Å². The van der Waals surface area contributed by atoms with Gasteiger partial charge in [-0.05, 0) is 12.1 Å². The molecule has 16 heavy (non-hydrogen) atoms. The fourth-order valence-electron chi connectivity index (χ4n) is 1.73. The maximum absolute atomic E-state index is 10.6. The second-order valence-corrected chi connectivity index (χ2v) is 6.61. The van der Waals surface area contributed by atoms with Crippen LogP contribution in [0, 0.1) is 0 Å². The summed E-state index contributed by atoms with van der Waals surface area (Å²) in [7, 11) is -4.33. The molecule has 0 amide bonds. The molecule has 1 atom stereocenters. The minimum Gasteiger partial charge on any atom is -0.811 e. The van der Waals surface area contributed by atoms with Gasteiger partial charge in [0.1, 0.15) is 0 Å². The Bertz CT molecular complexity index is 200. The van der Waals surface area contributed by atoms with Crippen LogP contribution in [-0.2, 0) is 4.57 Å². The minimum absolute atomic E-state index is 0.527. The maximum atomic E-state index is 10.6. The normalized spacial score (nSPS) is 14.0. The molecule has 0 aromatic carbocycles. The highest BCUT2D eigenvalue weighted by Gasteiger charge is 2.05. The van der Waals surface area contributed by atoms with Gasteiger partial charge in [-0.3, -0.25) is 0 Å². The smallest absolute Gasteiger partial charge is 0.0162 e. The Kier molecular flexibility index (Phi) is 9.29. The molecule has 0 aliphatic carbocycles. The van der Waals surface area contributed by atoms with Crippen LogP contribution in [0.25, 0.3) is 0 Å². The molecule has 3 nitrogen and oxygen atoms in total. The summed E-state index contributed by atoms with van der Waals surface area (Å²) >= 11 is 0. The van der Waals surface area contributed by atoms with Crippen LogP contribution in [0.15, 0.2) is 0 Å². The van der Waals surface area contributed by atoms with E-state index in [1.54, 1.807) is 0 Å². The van der Waals surface area contributed by atoms with Crippen LogP contribution in [-0.4, -0.2) is 5.66 Å². The lowest BCUT2D eigenvalue weighted by molar-refractivity contribution is -0.316. The Morgan fingerprint density at radius 1 is 0.938 bits per heavy atom. The van der Waals surface area contributed by atoms with Gasteiger partial charge in [0.25, 0.3) is 0 Å². The van der Waals surface area contributed by atoms with Crippen LogP contribution in [0.1, 0.15) is 71.6 Å². The number of rotatable bonds is 10. The van der Waals surface area contributed by atoms with Gasteiger partial charge in [0, 0.05) is 0 Å². The van der Waals surface area contributed by atoms with Crippen LogP contribution >= 0.6 is 7.60 Å². The largest absolute Gasteiger partial charge is 0.811 e.